The summed E-state index contributed by atoms with van der Waals surface area (Å²) in [4.78, 5) is 35.9. The zero-order chi connectivity index (χ0) is 26.8. The van der Waals surface area contributed by atoms with Gasteiger partial charge in [-0.2, -0.15) is 0 Å². The number of benzene rings is 1. The fraction of sp³-hybridized carbons (Fsp3) is 0.357. The smallest absolute Gasteiger partial charge is 0.304 e. The summed E-state index contributed by atoms with van der Waals surface area (Å²) in [6.07, 6.45) is 5.83. The van der Waals surface area contributed by atoms with Gasteiger partial charge in [0.05, 0.1) is 12.1 Å². The fourth-order valence-electron chi connectivity index (χ4n) is 5.06. The van der Waals surface area contributed by atoms with Crippen molar-refractivity contribution >= 4 is 51.0 Å². The normalized spacial score (nSPS) is 15.0. The number of aromatic nitrogens is 3. The van der Waals surface area contributed by atoms with E-state index >= 15 is 0 Å². The van der Waals surface area contributed by atoms with Crippen LogP contribution in [-0.4, -0.2) is 51.8 Å². The van der Waals surface area contributed by atoms with Crippen LogP contribution in [0.5, 0.6) is 0 Å². The van der Waals surface area contributed by atoms with Gasteiger partial charge in [0, 0.05) is 72.5 Å². The molecule has 8 nitrogen and oxygen atoms in total. The summed E-state index contributed by atoms with van der Waals surface area (Å²) in [5, 5.41) is 13.5. The van der Waals surface area contributed by atoms with Gasteiger partial charge in [0.25, 0.3) is 0 Å². The number of pyridine rings is 1. The predicted molar refractivity (Wildman–Crippen MR) is 150 cm³/mol. The van der Waals surface area contributed by atoms with Crippen LogP contribution >= 0.6 is 22.9 Å². The number of anilines is 1. The van der Waals surface area contributed by atoms with E-state index in [1.165, 1.54) is 16.2 Å². The van der Waals surface area contributed by atoms with Gasteiger partial charge in [0.2, 0.25) is 5.91 Å². The largest absolute Gasteiger partial charge is 0.481 e. The van der Waals surface area contributed by atoms with Gasteiger partial charge < -0.3 is 14.4 Å². The van der Waals surface area contributed by atoms with E-state index in [0.29, 0.717) is 35.5 Å². The molecule has 4 heterocycles. The Balaban J connectivity index is 1.42. The van der Waals surface area contributed by atoms with E-state index in [-0.39, 0.29) is 18.2 Å². The number of thiazole rings is 1. The molecule has 1 N–H and O–H groups in total. The van der Waals surface area contributed by atoms with Crippen molar-refractivity contribution in [2.24, 2.45) is 18.9 Å². The Morgan fingerprint density at radius 3 is 2.79 bits per heavy atom. The highest BCUT2D eigenvalue weighted by atomic mass is 35.5. The first kappa shape index (κ1) is 26.3. The van der Waals surface area contributed by atoms with E-state index in [1.54, 1.807) is 7.05 Å². The van der Waals surface area contributed by atoms with Gasteiger partial charge >= 0.3 is 5.97 Å². The van der Waals surface area contributed by atoms with Crippen molar-refractivity contribution in [1.29, 1.82) is 0 Å². The molecule has 1 aromatic carbocycles. The summed E-state index contributed by atoms with van der Waals surface area (Å²) < 4.78 is 7.40. The molecule has 38 heavy (non-hydrogen) atoms. The maximum atomic E-state index is 13.4. The number of ether oxygens (including phenoxy) is 1. The average molecular weight is 553 g/mol. The third kappa shape index (κ3) is 5.60. The van der Waals surface area contributed by atoms with Crippen LogP contribution in [0.25, 0.3) is 33.4 Å². The lowest BCUT2D eigenvalue weighted by atomic mass is 9.86. The molecule has 1 fully saturated rings. The molecule has 5 rings (SSSR count). The van der Waals surface area contributed by atoms with Crippen molar-refractivity contribution in [2.45, 2.75) is 25.7 Å². The van der Waals surface area contributed by atoms with E-state index in [9.17, 15) is 14.7 Å². The second-order valence-corrected chi connectivity index (χ2v) is 11.0. The zero-order valence-electron chi connectivity index (χ0n) is 21.3. The molecule has 1 aliphatic heterocycles. The number of amides is 1. The molecule has 10 heteroatoms. The molecular weight excluding hydrogens is 524 g/mol. The number of aryl methyl sites for hydroxylation is 1. The number of nitrogens with zero attached hydrogens (tertiary/aromatic N) is 4. The number of fused-ring (bicyclic) bond motifs is 1. The molecule has 198 valence electrons. The van der Waals surface area contributed by atoms with Crippen molar-refractivity contribution in [2.75, 3.05) is 25.2 Å². The maximum Gasteiger partial charge on any atom is 0.304 e. The van der Waals surface area contributed by atoms with Crippen LogP contribution in [0.1, 0.15) is 25.7 Å². The van der Waals surface area contributed by atoms with Crippen LogP contribution < -0.4 is 4.90 Å². The second-order valence-electron chi connectivity index (χ2n) is 9.75. The summed E-state index contributed by atoms with van der Waals surface area (Å²) in [5.41, 5.74) is 4.29. The summed E-state index contributed by atoms with van der Waals surface area (Å²) in [7, 11) is 3.62. The molecule has 1 atom stereocenters. The molecule has 0 radical (unpaired) electrons. The van der Waals surface area contributed by atoms with Crippen LogP contribution in [-0.2, 0) is 21.4 Å². The number of halogens is 1. The first-order chi connectivity index (χ1) is 18.3. The number of rotatable bonds is 8. The summed E-state index contributed by atoms with van der Waals surface area (Å²) in [6, 6.07) is 9.77. The van der Waals surface area contributed by atoms with Crippen molar-refractivity contribution in [3.8, 4) is 22.4 Å². The number of hydrogen-bond donors (Lipinski definition) is 1. The van der Waals surface area contributed by atoms with E-state index in [2.05, 4.69) is 11.1 Å². The Bertz CT molecular complexity index is 1480. The number of hydrogen-bond acceptors (Lipinski definition) is 6. The minimum atomic E-state index is -0.976. The Kier molecular flexibility index (Phi) is 7.78. The fourth-order valence-corrected chi connectivity index (χ4v) is 6.03. The van der Waals surface area contributed by atoms with Gasteiger partial charge in [0.15, 0.2) is 5.13 Å². The standard InChI is InChI=1S/C28H29ClN4O4S/c1-32-8-5-18-12-20(15-30-26(18)32)22-4-3-21(29)14-23(22)24-16-38-28(31-24)33(2)27(36)19(13-25(34)35)11-17-6-9-37-10-7-17/h3-5,8,12,14-17,19H,6-7,9-11,13H2,1-2H3,(H,34,35)/t19-/m1/s1. The number of carboxylic acids is 1. The SMILES string of the molecule is CN(C(=O)[C@@H](CC(=O)O)CC1CCOCC1)c1nc(-c2cc(Cl)ccc2-c2cnc3c(ccn3C)c2)cs1. The predicted octanol–water partition coefficient (Wildman–Crippen LogP) is 5.89. The second kappa shape index (κ2) is 11.2. The third-order valence-electron chi connectivity index (χ3n) is 7.11. The number of aliphatic carboxylic acids is 1. The first-order valence-electron chi connectivity index (χ1n) is 12.5. The molecule has 0 unspecified atom stereocenters. The zero-order valence-corrected chi connectivity index (χ0v) is 22.8. The van der Waals surface area contributed by atoms with Crippen LogP contribution in [0.2, 0.25) is 5.02 Å². The number of carbonyl (C=O) groups is 2. The molecule has 4 aromatic rings. The van der Waals surface area contributed by atoms with Crippen LogP contribution in [0.4, 0.5) is 5.13 Å². The van der Waals surface area contributed by atoms with Crippen LogP contribution in [0.3, 0.4) is 0 Å². The third-order valence-corrected chi connectivity index (χ3v) is 8.27. The van der Waals surface area contributed by atoms with Gasteiger partial charge in [-0.3, -0.25) is 14.5 Å². The van der Waals surface area contributed by atoms with Crippen molar-refractivity contribution in [3.05, 3.63) is 53.1 Å². The molecule has 3 aromatic heterocycles. The lowest BCUT2D eigenvalue weighted by Gasteiger charge is -2.27. The molecule has 0 saturated carbocycles. The van der Waals surface area contributed by atoms with E-state index in [0.717, 1.165) is 40.6 Å². The highest BCUT2D eigenvalue weighted by Gasteiger charge is 2.30. The Labute approximate surface area is 229 Å². The van der Waals surface area contributed by atoms with Crippen molar-refractivity contribution < 1.29 is 19.4 Å². The molecule has 1 aliphatic rings. The quantitative estimate of drug-likeness (QED) is 0.293. The minimum absolute atomic E-state index is 0.202. The van der Waals surface area contributed by atoms with E-state index in [4.69, 9.17) is 21.3 Å². The first-order valence-corrected chi connectivity index (χ1v) is 13.8. The van der Waals surface area contributed by atoms with Crippen molar-refractivity contribution in [1.82, 2.24) is 14.5 Å². The summed E-state index contributed by atoms with van der Waals surface area (Å²) in [6.45, 7) is 1.30. The Morgan fingerprint density at radius 2 is 2.03 bits per heavy atom. The average Bonchev–Trinajstić information content (AvgIpc) is 3.55. The van der Waals surface area contributed by atoms with E-state index < -0.39 is 11.9 Å². The summed E-state index contributed by atoms with van der Waals surface area (Å²) in [5.74, 6) is -1.54. The maximum absolute atomic E-state index is 13.4. The summed E-state index contributed by atoms with van der Waals surface area (Å²) >= 11 is 7.73. The molecule has 1 saturated heterocycles. The molecule has 0 spiro atoms. The van der Waals surface area contributed by atoms with Gasteiger partial charge in [0.1, 0.15) is 5.65 Å². The number of carboxylic acid groups (broad SMARTS) is 1. The van der Waals surface area contributed by atoms with Gasteiger partial charge in [-0.1, -0.05) is 17.7 Å². The van der Waals surface area contributed by atoms with Crippen LogP contribution in [0.15, 0.2) is 48.1 Å². The Hall–Kier alpha value is -3.27. The number of carbonyl (C=O) groups excluding carboxylic acids is 1. The van der Waals surface area contributed by atoms with Gasteiger partial charge in [-0.25, -0.2) is 9.97 Å². The minimum Gasteiger partial charge on any atom is -0.481 e. The monoisotopic (exact) mass is 552 g/mol. The molecule has 0 aliphatic carbocycles. The van der Waals surface area contributed by atoms with Gasteiger partial charge in [-0.15, -0.1) is 11.3 Å². The highest BCUT2D eigenvalue weighted by molar-refractivity contribution is 7.14. The van der Waals surface area contributed by atoms with Crippen LogP contribution in [0, 0.1) is 11.8 Å². The molecular formula is C28H29ClN4O4S. The van der Waals surface area contributed by atoms with Gasteiger partial charge in [-0.05, 0) is 55.0 Å². The van der Waals surface area contributed by atoms with Crippen molar-refractivity contribution in [3.63, 3.8) is 0 Å². The molecule has 0 bridgehead atoms. The highest BCUT2D eigenvalue weighted by Crippen LogP contribution is 2.37. The van der Waals surface area contributed by atoms with E-state index in [1.807, 2.05) is 53.7 Å². The Morgan fingerprint density at radius 1 is 1.24 bits per heavy atom. The lowest BCUT2D eigenvalue weighted by molar-refractivity contribution is -0.141. The lowest BCUT2D eigenvalue weighted by Crippen LogP contribution is -2.35. The topological polar surface area (TPSA) is 97.6 Å². The molecule has 1 amide bonds.